The number of nitrogens with zero attached hydrogens (tertiary/aromatic N) is 2. The molecule has 0 aliphatic heterocycles. The highest BCUT2D eigenvalue weighted by Crippen LogP contribution is 2.07. The van der Waals surface area contributed by atoms with Crippen LogP contribution < -0.4 is 16.0 Å². The summed E-state index contributed by atoms with van der Waals surface area (Å²) in [4.78, 5) is 29.3. The Hall–Kier alpha value is -2.61. The van der Waals surface area contributed by atoms with Gasteiger partial charge >= 0.3 is 0 Å². The number of aliphatic imine (C=N–C) groups is 1. The van der Waals surface area contributed by atoms with Crippen molar-refractivity contribution in [2.75, 3.05) is 54.5 Å². The number of hydrogen-bond donors (Lipinski definition) is 3. The molecule has 0 aliphatic rings. The third-order valence-electron chi connectivity index (χ3n) is 3.55. The Balaban J connectivity index is 2.40. The lowest BCUT2D eigenvalue weighted by molar-refractivity contribution is -0.120. The molecule has 0 atom stereocenters. The minimum Gasteiger partial charge on any atom is -0.383 e. The van der Waals surface area contributed by atoms with Gasteiger partial charge in [0.1, 0.15) is 0 Å². The van der Waals surface area contributed by atoms with Crippen LogP contribution in [-0.2, 0) is 16.0 Å². The van der Waals surface area contributed by atoms with Crippen molar-refractivity contribution in [2.24, 2.45) is 4.99 Å². The molecule has 2 amide bonds. The van der Waals surface area contributed by atoms with E-state index in [1.165, 1.54) is 0 Å². The van der Waals surface area contributed by atoms with Gasteiger partial charge in [-0.15, -0.1) is 0 Å². The minimum atomic E-state index is -0.125. The van der Waals surface area contributed by atoms with Gasteiger partial charge < -0.3 is 25.6 Å². The number of amides is 2. The van der Waals surface area contributed by atoms with E-state index in [2.05, 4.69) is 20.9 Å². The molecule has 0 spiro atoms. The zero-order valence-electron chi connectivity index (χ0n) is 16.0. The third kappa shape index (κ3) is 7.98. The Kier molecular flexibility index (Phi) is 9.78. The standard InChI is InChI=1S/C18H29N5O3/c1-19-18(22-13-16(24)20-10-11-26-4)21-9-8-14-6-5-7-15(12-14)17(25)23(2)3/h5-7,12H,8-11,13H2,1-4H3,(H,20,24)(H2,19,21,22). The van der Waals surface area contributed by atoms with Gasteiger partial charge in [0.25, 0.3) is 5.91 Å². The van der Waals surface area contributed by atoms with Crippen molar-refractivity contribution < 1.29 is 14.3 Å². The summed E-state index contributed by atoms with van der Waals surface area (Å²) in [6, 6.07) is 7.56. The maximum atomic E-state index is 12.0. The second-order valence-electron chi connectivity index (χ2n) is 5.85. The maximum Gasteiger partial charge on any atom is 0.253 e. The molecule has 0 saturated carbocycles. The van der Waals surface area contributed by atoms with E-state index in [4.69, 9.17) is 4.74 Å². The van der Waals surface area contributed by atoms with Crippen LogP contribution in [0.4, 0.5) is 0 Å². The summed E-state index contributed by atoms with van der Waals surface area (Å²) in [6.45, 7) is 1.72. The summed E-state index contributed by atoms with van der Waals surface area (Å²) in [6.07, 6.45) is 0.731. The molecule has 8 heteroatoms. The molecule has 0 radical (unpaired) electrons. The largest absolute Gasteiger partial charge is 0.383 e. The van der Waals surface area contributed by atoms with Gasteiger partial charge in [-0.1, -0.05) is 12.1 Å². The molecule has 1 rings (SSSR count). The average molecular weight is 363 g/mol. The number of nitrogens with one attached hydrogen (secondary N) is 3. The average Bonchev–Trinajstić information content (AvgIpc) is 2.64. The van der Waals surface area contributed by atoms with Crippen molar-refractivity contribution >= 4 is 17.8 Å². The summed E-state index contributed by atoms with van der Waals surface area (Å²) < 4.78 is 4.88. The van der Waals surface area contributed by atoms with E-state index < -0.39 is 0 Å². The lowest BCUT2D eigenvalue weighted by atomic mass is 10.1. The first-order valence-electron chi connectivity index (χ1n) is 8.48. The van der Waals surface area contributed by atoms with Crippen molar-refractivity contribution in [2.45, 2.75) is 6.42 Å². The molecule has 0 unspecified atom stereocenters. The topological polar surface area (TPSA) is 95.1 Å². The SMILES string of the molecule is CN=C(NCCc1cccc(C(=O)N(C)C)c1)NCC(=O)NCCOC. The smallest absolute Gasteiger partial charge is 0.253 e. The number of ether oxygens (including phenoxy) is 1. The van der Waals surface area contributed by atoms with Crippen LogP contribution in [-0.4, -0.2) is 77.2 Å². The van der Waals surface area contributed by atoms with Crippen LogP contribution in [0.2, 0.25) is 0 Å². The monoisotopic (exact) mass is 363 g/mol. The first kappa shape index (κ1) is 21.4. The van der Waals surface area contributed by atoms with Crippen LogP contribution in [0.1, 0.15) is 15.9 Å². The molecule has 0 bridgehead atoms. The molecule has 144 valence electrons. The van der Waals surface area contributed by atoms with Crippen molar-refractivity contribution in [3.8, 4) is 0 Å². The van der Waals surface area contributed by atoms with E-state index >= 15 is 0 Å². The second-order valence-corrected chi connectivity index (χ2v) is 5.85. The second kappa shape index (κ2) is 11.9. The molecule has 26 heavy (non-hydrogen) atoms. The number of methoxy groups -OCH3 is 1. The quantitative estimate of drug-likeness (QED) is 0.322. The van der Waals surface area contributed by atoms with Gasteiger partial charge in [-0.2, -0.15) is 0 Å². The molecule has 8 nitrogen and oxygen atoms in total. The van der Waals surface area contributed by atoms with E-state index in [1.807, 2.05) is 24.3 Å². The summed E-state index contributed by atoms with van der Waals surface area (Å²) in [5.74, 6) is 0.407. The Morgan fingerprint density at radius 2 is 1.92 bits per heavy atom. The molecule has 0 heterocycles. The first-order chi connectivity index (χ1) is 12.5. The van der Waals surface area contributed by atoms with Gasteiger partial charge in [0.15, 0.2) is 5.96 Å². The van der Waals surface area contributed by atoms with Crippen molar-refractivity contribution in [1.29, 1.82) is 0 Å². The molecular weight excluding hydrogens is 334 g/mol. The molecule has 1 aromatic carbocycles. The number of carbonyl (C=O) groups is 2. The van der Waals surface area contributed by atoms with Gasteiger partial charge in [0.05, 0.1) is 13.2 Å². The lowest BCUT2D eigenvalue weighted by Gasteiger charge is -2.13. The van der Waals surface area contributed by atoms with Gasteiger partial charge in [-0.3, -0.25) is 14.6 Å². The summed E-state index contributed by atoms with van der Waals surface area (Å²) in [5.41, 5.74) is 1.72. The van der Waals surface area contributed by atoms with E-state index in [1.54, 1.807) is 33.2 Å². The highest BCUT2D eigenvalue weighted by atomic mass is 16.5. The van der Waals surface area contributed by atoms with Crippen LogP contribution in [0, 0.1) is 0 Å². The summed E-state index contributed by atoms with van der Waals surface area (Å²) in [7, 11) is 6.70. The Morgan fingerprint density at radius 1 is 1.15 bits per heavy atom. The number of hydrogen-bond acceptors (Lipinski definition) is 4. The van der Waals surface area contributed by atoms with E-state index in [-0.39, 0.29) is 18.4 Å². The van der Waals surface area contributed by atoms with E-state index in [0.29, 0.717) is 31.2 Å². The molecule has 0 fully saturated rings. The van der Waals surface area contributed by atoms with E-state index in [0.717, 1.165) is 12.0 Å². The van der Waals surface area contributed by atoms with E-state index in [9.17, 15) is 9.59 Å². The molecule has 0 aliphatic carbocycles. The predicted molar refractivity (Wildman–Crippen MR) is 102 cm³/mol. The van der Waals surface area contributed by atoms with Crippen LogP contribution >= 0.6 is 0 Å². The van der Waals surface area contributed by atoms with Gasteiger partial charge in [0, 0.05) is 46.9 Å². The van der Waals surface area contributed by atoms with Crippen LogP contribution in [0.25, 0.3) is 0 Å². The van der Waals surface area contributed by atoms with Crippen molar-refractivity contribution in [1.82, 2.24) is 20.9 Å². The Labute approximate surface area is 155 Å². The number of rotatable bonds is 9. The fraction of sp³-hybridized carbons (Fsp3) is 0.500. The number of carbonyl (C=O) groups excluding carboxylic acids is 2. The number of guanidine groups is 1. The van der Waals surface area contributed by atoms with Crippen molar-refractivity contribution in [3.05, 3.63) is 35.4 Å². The molecule has 1 aromatic rings. The number of benzene rings is 1. The molecular formula is C18H29N5O3. The first-order valence-corrected chi connectivity index (χ1v) is 8.48. The fourth-order valence-electron chi connectivity index (χ4n) is 2.18. The normalized spacial score (nSPS) is 11.0. The van der Waals surface area contributed by atoms with Crippen molar-refractivity contribution in [3.63, 3.8) is 0 Å². The Morgan fingerprint density at radius 3 is 2.58 bits per heavy atom. The van der Waals surface area contributed by atoms with Gasteiger partial charge in [-0.25, -0.2) is 0 Å². The fourth-order valence-corrected chi connectivity index (χ4v) is 2.18. The zero-order valence-corrected chi connectivity index (χ0v) is 16.0. The molecule has 0 aromatic heterocycles. The van der Waals surface area contributed by atoms with Crippen LogP contribution in [0.5, 0.6) is 0 Å². The maximum absolute atomic E-state index is 12.0. The van der Waals surface area contributed by atoms with Gasteiger partial charge in [0.2, 0.25) is 5.91 Å². The van der Waals surface area contributed by atoms with Gasteiger partial charge in [-0.05, 0) is 24.1 Å². The predicted octanol–water partition coefficient (Wildman–Crippen LogP) is -0.141. The highest BCUT2D eigenvalue weighted by molar-refractivity contribution is 5.94. The highest BCUT2D eigenvalue weighted by Gasteiger charge is 2.08. The Bertz CT molecular complexity index is 617. The minimum absolute atomic E-state index is 0.0169. The zero-order chi connectivity index (χ0) is 19.4. The van der Waals surface area contributed by atoms with Crippen LogP contribution in [0.15, 0.2) is 29.3 Å². The van der Waals surface area contributed by atoms with Crippen LogP contribution in [0.3, 0.4) is 0 Å². The summed E-state index contributed by atoms with van der Waals surface area (Å²) >= 11 is 0. The lowest BCUT2D eigenvalue weighted by Crippen LogP contribution is -2.44. The third-order valence-corrected chi connectivity index (χ3v) is 3.55. The summed E-state index contributed by atoms with van der Waals surface area (Å²) in [5, 5.41) is 8.83. The molecule has 3 N–H and O–H groups in total. The molecule has 0 saturated heterocycles.